The third kappa shape index (κ3) is 3.34. The molecule has 4 unspecified atom stereocenters. The Kier molecular flexibility index (Phi) is 4.75. The Morgan fingerprint density at radius 3 is 2.80 bits per heavy atom. The number of ether oxygens (including phenoxy) is 1. The van der Waals surface area contributed by atoms with Crippen LogP contribution >= 0.6 is 0 Å². The molecule has 4 nitrogen and oxygen atoms in total. The quantitative estimate of drug-likeness (QED) is 0.761. The number of rotatable bonds is 5. The third-order valence-electron chi connectivity index (χ3n) is 5.12. The lowest BCUT2D eigenvalue weighted by molar-refractivity contribution is -0.196. The van der Waals surface area contributed by atoms with Crippen molar-refractivity contribution in [3.8, 4) is 0 Å². The standard InChI is InChI=1S/C16H28O4/c1-3-12(2)14(18)20-16-7-4-6-15(19,11-16)9-13(10-16)5-8-17/h12-13,17,19H,3-11H2,1-2H3. The van der Waals surface area contributed by atoms with Crippen molar-refractivity contribution in [1.29, 1.82) is 0 Å². The number of hydrogen-bond acceptors (Lipinski definition) is 4. The molecule has 0 aromatic carbocycles. The second-order valence-corrected chi connectivity index (χ2v) is 6.95. The molecule has 2 N–H and O–H groups in total. The first kappa shape index (κ1) is 15.8. The van der Waals surface area contributed by atoms with Crippen LogP contribution in [-0.2, 0) is 9.53 Å². The summed E-state index contributed by atoms with van der Waals surface area (Å²) in [5, 5.41) is 19.9. The van der Waals surface area contributed by atoms with E-state index < -0.39 is 11.2 Å². The number of aliphatic hydroxyl groups is 2. The highest BCUT2D eigenvalue weighted by atomic mass is 16.6. The van der Waals surface area contributed by atoms with Crippen molar-refractivity contribution in [1.82, 2.24) is 0 Å². The summed E-state index contributed by atoms with van der Waals surface area (Å²) in [7, 11) is 0. The van der Waals surface area contributed by atoms with Gasteiger partial charge >= 0.3 is 5.97 Å². The zero-order chi connectivity index (χ0) is 14.8. The smallest absolute Gasteiger partial charge is 0.309 e. The van der Waals surface area contributed by atoms with Gasteiger partial charge in [0, 0.05) is 13.0 Å². The summed E-state index contributed by atoms with van der Waals surface area (Å²) in [6.45, 7) is 4.01. The molecule has 2 fully saturated rings. The van der Waals surface area contributed by atoms with Crippen LogP contribution in [0.5, 0.6) is 0 Å². The van der Waals surface area contributed by atoms with Gasteiger partial charge in [-0.15, -0.1) is 0 Å². The molecule has 20 heavy (non-hydrogen) atoms. The summed E-state index contributed by atoms with van der Waals surface area (Å²) >= 11 is 0. The molecule has 2 saturated carbocycles. The average Bonchev–Trinajstić information content (AvgIpc) is 2.36. The molecule has 2 bridgehead atoms. The Morgan fingerprint density at radius 1 is 1.40 bits per heavy atom. The molecule has 2 rings (SSSR count). The zero-order valence-electron chi connectivity index (χ0n) is 12.7. The van der Waals surface area contributed by atoms with E-state index in [0.29, 0.717) is 12.8 Å². The highest BCUT2D eigenvalue weighted by molar-refractivity contribution is 5.72. The fraction of sp³-hybridized carbons (Fsp3) is 0.938. The molecule has 0 aromatic rings. The summed E-state index contributed by atoms with van der Waals surface area (Å²) in [4.78, 5) is 12.2. The normalized spacial score (nSPS) is 38.3. The molecule has 4 heteroatoms. The number of carbonyl (C=O) groups is 1. The van der Waals surface area contributed by atoms with Crippen LogP contribution in [0.25, 0.3) is 0 Å². The van der Waals surface area contributed by atoms with Crippen LogP contribution < -0.4 is 0 Å². The maximum Gasteiger partial charge on any atom is 0.309 e. The Balaban J connectivity index is 2.12. The molecule has 0 saturated heterocycles. The van der Waals surface area contributed by atoms with Crippen LogP contribution in [0, 0.1) is 11.8 Å². The molecule has 0 aliphatic heterocycles. The third-order valence-corrected chi connectivity index (χ3v) is 5.12. The van der Waals surface area contributed by atoms with E-state index in [1.165, 1.54) is 0 Å². The van der Waals surface area contributed by atoms with Crippen LogP contribution in [0.4, 0.5) is 0 Å². The molecule has 0 amide bonds. The highest BCUT2D eigenvalue weighted by Crippen LogP contribution is 2.50. The maximum absolute atomic E-state index is 12.2. The summed E-state index contributed by atoms with van der Waals surface area (Å²) in [6, 6.07) is 0. The predicted octanol–water partition coefficient (Wildman–Crippen LogP) is 2.41. The Labute approximate surface area is 121 Å². The van der Waals surface area contributed by atoms with Crippen molar-refractivity contribution in [3.05, 3.63) is 0 Å². The van der Waals surface area contributed by atoms with E-state index >= 15 is 0 Å². The van der Waals surface area contributed by atoms with Gasteiger partial charge in [-0.2, -0.15) is 0 Å². The molecule has 2 aliphatic carbocycles. The summed E-state index contributed by atoms with van der Waals surface area (Å²) in [6.07, 6.45) is 6.11. The van der Waals surface area contributed by atoms with Gasteiger partial charge < -0.3 is 14.9 Å². The van der Waals surface area contributed by atoms with Crippen molar-refractivity contribution in [2.75, 3.05) is 6.61 Å². The van der Waals surface area contributed by atoms with E-state index in [1.54, 1.807) is 0 Å². The van der Waals surface area contributed by atoms with Gasteiger partial charge in [0.05, 0.1) is 11.5 Å². The van der Waals surface area contributed by atoms with Gasteiger partial charge in [0.1, 0.15) is 5.60 Å². The molecule has 0 heterocycles. The van der Waals surface area contributed by atoms with Crippen molar-refractivity contribution in [2.45, 2.75) is 76.4 Å². The van der Waals surface area contributed by atoms with E-state index in [9.17, 15) is 9.90 Å². The number of aliphatic hydroxyl groups excluding tert-OH is 1. The van der Waals surface area contributed by atoms with Gasteiger partial charge in [0.25, 0.3) is 0 Å². The first-order valence-electron chi connectivity index (χ1n) is 7.98. The Morgan fingerprint density at radius 2 is 2.15 bits per heavy atom. The molecular formula is C16H28O4. The molecule has 116 valence electrons. The molecular weight excluding hydrogens is 256 g/mol. The second kappa shape index (κ2) is 6.02. The topological polar surface area (TPSA) is 66.8 Å². The fourth-order valence-corrected chi connectivity index (χ4v) is 4.00. The lowest BCUT2D eigenvalue weighted by Gasteiger charge is -2.52. The van der Waals surface area contributed by atoms with Crippen LogP contribution in [0.3, 0.4) is 0 Å². The highest BCUT2D eigenvalue weighted by Gasteiger charge is 2.52. The fourth-order valence-electron chi connectivity index (χ4n) is 4.00. The number of esters is 1. The lowest BCUT2D eigenvalue weighted by Crippen LogP contribution is -2.54. The summed E-state index contributed by atoms with van der Waals surface area (Å²) in [5.41, 5.74) is -1.20. The molecule has 0 radical (unpaired) electrons. The van der Waals surface area contributed by atoms with Crippen molar-refractivity contribution >= 4 is 5.97 Å². The van der Waals surface area contributed by atoms with Gasteiger partial charge in [0.15, 0.2) is 0 Å². The van der Waals surface area contributed by atoms with Crippen LogP contribution in [0.15, 0.2) is 0 Å². The van der Waals surface area contributed by atoms with Gasteiger partial charge in [0.2, 0.25) is 0 Å². The van der Waals surface area contributed by atoms with E-state index in [0.717, 1.165) is 38.5 Å². The number of hydrogen-bond donors (Lipinski definition) is 2. The number of carbonyl (C=O) groups excluding carboxylic acids is 1. The summed E-state index contributed by atoms with van der Waals surface area (Å²) < 4.78 is 5.86. The van der Waals surface area contributed by atoms with Gasteiger partial charge in [-0.25, -0.2) is 0 Å². The van der Waals surface area contributed by atoms with E-state index in [1.807, 2.05) is 13.8 Å². The lowest BCUT2D eigenvalue weighted by atomic mass is 9.62. The van der Waals surface area contributed by atoms with E-state index in [2.05, 4.69) is 0 Å². The minimum Gasteiger partial charge on any atom is -0.459 e. The van der Waals surface area contributed by atoms with Crippen molar-refractivity contribution < 1.29 is 19.7 Å². The predicted molar refractivity (Wildman–Crippen MR) is 76.1 cm³/mol. The van der Waals surface area contributed by atoms with Gasteiger partial charge in [-0.05, 0) is 50.9 Å². The Bertz CT molecular complexity index is 356. The molecule has 4 atom stereocenters. The number of fused-ring (bicyclic) bond motifs is 2. The van der Waals surface area contributed by atoms with Crippen molar-refractivity contribution in [3.63, 3.8) is 0 Å². The van der Waals surface area contributed by atoms with Crippen LogP contribution in [-0.4, -0.2) is 34.0 Å². The minimum atomic E-state index is -0.702. The minimum absolute atomic E-state index is 0.0855. The molecule has 0 spiro atoms. The van der Waals surface area contributed by atoms with E-state index in [4.69, 9.17) is 9.84 Å². The van der Waals surface area contributed by atoms with E-state index in [-0.39, 0.29) is 24.4 Å². The van der Waals surface area contributed by atoms with Gasteiger partial charge in [-0.3, -0.25) is 4.79 Å². The Hall–Kier alpha value is -0.610. The maximum atomic E-state index is 12.2. The second-order valence-electron chi connectivity index (χ2n) is 6.95. The first-order chi connectivity index (χ1) is 9.42. The van der Waals surface area contributed by atoms with Crippen LogP contribution in [0.2, 0.25) is 0 Å². The molecule has 2 aliphatic rings. The van der Waals surface area contributed by atoms with Crippen LogP contribution in [0.1, 0.15) is 65.2 Å². The largest absolute Gasteiger partial charge is 0.459 e. The average molecular weight is 284 g/mol. The SMILES string of the molecule is CCC(C)C(=O)OC12CCCC(O)(CC(CCO)C1)C2. The first-order valence-corrected chi connectivity index (χ1v) is 7.98. The summed E-state index contributed by atoms with van der Waals surface area (Å²) in [5.74, 6) is 0.0304. The monoisotopic (exact) mass is 284 g/mol. The zero-order valence-corrected chi connectivity index (χ0v) is 12.7. The van der Waals surface area contributed by atoms with Crippen molar-refractivity contribution in [2.24, 2.45) is 11.8 Å². The van der Waals surface area contributed by atoms with Gasteiger partial charge in [-0.1, -0.05) is 13.8 Å². The molecule has 0 aromatic heterocycles.